The van der Waals surface area contributed by atoms with E-state index in [0.29, 0.717) is 6.42 Å². The standard InChI is InChI=1S/C39H68N2O14/c1-15-26-39(10)32(54-36(46)55-39)23(6)40-33(44)19(2)17-38(9,48-14)31(53-35-28(42)25(41(11)12)16-20(3)49-35)21(4)29(22(5)34(45)51-26)52-27-18-37(8,47-13)30(43)24(7)50-27/h19-32,35,42-43H,15-18H2,1-14H3,(H,40,44)/t19-,20-,21+,22-,23-,24+,25+,26-,27+,28-,29+,30+,31-,32-,35+,37-,38-,39-/m1/s1. The second kappa shape index (κ2) is 17.8. The molecule has 0 radical (unpaired) electrons. The van der Waals surface area contributed by atoms with Gasteiger partial charge in [0.2, 0.25) is 5.91 Å². The van der Waals surface area contributed by atoms with Gasteiger partial charge in [0.1, 0.15) is 18.3 Å². The van der Waals surface area contributed by atoms with Gasteiger partial charge in [-0.1, -0.05) is 20.8 Å². The normalized spacial score (nSPS) is 47.8. The smallest absolute Gasteiger partial charge is 0.458 e. The zero-order valence-electron chi connectivity index (χ0n) is 35.2. The lowest BCUT2D eigenvalue weighted by Gasteiger charge is -2.49. The average Bonchev–Trinajstić information content (AvgIpc) is 3.44. The Balaban J connectivity index is 1.87. The van der Waals surface area contributed by atoms with Gasteiger partial charge in [0.15, 0.2) is 24.3 Å². The number of carbonyl (C=O) groups is 3. The summed E-state index contributed by atoms with van der Waals surface area (Å²) in [7, 11) is 6.79. The number of rotatable bonds is 8. The van der Waals surface area contributed by atoms with Crippen LogP contribution >= 0.6 is 0 Å². The van der Waals surface area contributed by atoms with Crippen LogP contribution in [0.2, 0.25) is 0 Å². The van der Waals surface area contributed by atoms with E-state index in [1.54, 1.807) is 48.5 Å². The number of cyclic esters (lactones) is 1. The van der Waals surface area contributed by atoms with Crippen LogP contribution in [0.4, 0.5) is 4.79 Å². The van der Waals surface area contributed by atoms with Crippen molar-refractivity contribution in [2.24, 2.45) is 17.8 Å². The minimum Gasteiger partial charge on any atom is -0.458 e. The highest BCUT2D eigenvalue weighted by Crippen LogP contribution is 2.42. The summed E-state index contributed by atoms with van der Waals surface area (Å²) in [5.74, 6) is -3.40. The van der Waals surface area contributed by atoms with Crippen LogP contribution in [0.5, 0.6) is 0 Å². The monoisotopic (exact) mass is 788 g/mol. The van der Waals surface area contributed by atoms with Gasteiger partial charge in [-0.25, -0.2) is 4.79 Å². The molecule has 3 N–H and O–H groups in total. The molecular formula is C39H68N2O14. The summed E-state index contributed by atoms with van der Waals surface area (Å²) in [6, 6.07) is -1.02. The highest BCUT2D eigenvalue weighted by atomic mass is 16.8. The number of aliphatic hydroxyl groups is 2. The zero-order valence-corrected chi connectivity index (χ0v) is 35.2. The average molecular weight is 789 g/mol. The number of aliphatic hydroxyl groups excluding tert-OH is 2. The summed E-state index contributed by atoms with van der Waals surface area (Å²) in [6.45, 7) is 17.6. The van der Waals surface area contributed by atoms with Crippen molar-refractivity contribution in [3.05, 3.63) is 0 Å². The third-order valence-electron chi connectivity index (χ3n) is 12.6. The Kier molecular flexibility index (Phi) is 14.7. The molecule has 0 spiro atoms. The Bertz CT molecular complexity index is 1340. The fraction of sp³-hybridized carbons (Fsp3) is 0.923. The quantitative estimate of drug-likeness (QED) is 0.304. The Hall–Kier alpha value is -2.15. The second-order valence-corrected chi connectivity index (χ2v) is 17.1. The summed E-state index contributed by atoms with van der Waals surface area (Å²) in [4.78, 5) is 43.0. The lowest BCUT2D eigenvalue weighted by atomic mass is 9.77. The molecule has 0 bridgehead atoms. The van der Waals surface area contributed by atoms with Gasteiger partial charge >= 0.3 is 12.1 Å². The van der Waals surface area contributed by atoms with E-state index >= 15 is 0 Å². The van der Waals surface area contributed by atoms with Crippen LogP contribution in [0.1, 0.15) is 94.9 Å². The van der Waals surface area contributed by atoms with Crippen molar-refractivity contribution in [3.63, 3.8) is 0 Å². The van der Waals surface area contributed by atoms with Crippen LogP contribution in [-0.4, -0.2) is 152 Å². The number of fused-ring (bicyclic) bond motifs is 1. The van der Waals surface area contributed by atoms with Crippen molar-refractivity contribution in [2.75, 3.05) is 28.3 Å². The Morgan fingerprint density at radius 2 is 1.53 bits per heavy atom. The van der Waals surface area contributed by atoms with Crippen LogP contribution in [0, 0.1) is 17.8 Å². The van der Waals surface area contributed by atoms with Crippen molar-refractivity contribution in [3.8, 4) is 0 Å². The first-order valence-electron chi connectivity index (χ1n) is 19.7. The molecule has 16 heteroatoms. The van der Waals surface area contributed by atoms with E-state index in [9.17, 15) is 24.6 Å². The minimum atomic E-state index is -1.45. The molecule has 55 heavy (non-hydrogen) atoms. The highest BCUT2D eigenvalue weighted by Gasteiger charge is 2.58. The molecule has 4 rings (SSSR count). The van der Waals surface area contributed by atoms with Crippen LogP contribution in [0.25, 0.3) is 0 Å². The van der Waals surface area contributed by atoms with Crippen molar-refractivity contribution >= 4 is 18.0 Å². The van der Waals surface area contributed by atoms with E-state index in [1.807, 2.05) is 39.8 Å². The van der Waals surface area contributed by atoms with Crippen molar-refractivity contribution in [1.82, 2.24) is 10.2 Å². The minimum absolute atomic E-state index is 0.124. The maximum Gasteiger partial charge on any atom is 0.509 e. The number of carbonyl (C=O) groups excluding carboxylic acids is 3. The SMILES string of the molecule is CC[C@H]1OC(=O)[C@H](C)[C@@H](O[C@H]2C[C@@](C)(OC)[C@@H](O)[C@H](C)O2)[C@H](C)[C@@H](O[C@@H]2O[C@H](C)C[C@H](N(C)C)[C@H]2O)[C@](C)(OC)C[C@@H](C)C(=O)N[C@H](C)[C@H]2OC(=O)O[C@@]21C. The van der Waals surface area contributed by atoms with Gasteiger partial charge < -0.3 is 63.1 Å². The van der Waals surface area contributed by atoms with Gasteiger partial charge in [0, 0.05) is 38.5 Å². The number of methoxy groups -OCH3 is 2. The summed E-state index contributed by atoms with van der Waals surface area (Å²) in [6.07, 6.45) is -8.83. The van der Waals surface area contributed by atoms with Crippen molar-refractivity contribution in [2.45, 2.75) is 185 Å². The maximum atomic E-state index is 14.5. The summed E-state index contributed by atoms with van der Waals surface area (Å²) in [5.41, 5.74) is -3.73. The fourth-order valence-electron chi connectivity index (χ4n) is 9.04. The molecular weight excluding hydrogens is 720 g/mol. The molecule has 4 saturated heterocycles. The second-order valence-electron chi connectivity index (χ2n) is 17.1. The van der Waals surface area contributed by atoms with Gasteiger partial charge in [-0.2, -0.15) is 0 Å². The molecule has 1 amide bonds. The number of ether oxygens (including phenoxy) is 9. The van der Waals surface area contributed by atoms with Crippen molar-refractivity contribution < 1.29 is 67.2 Å². The van der Waals surface area contributed by atoms with E-state index in [1.165, 1.54) is 14.2 Å². The lowest BCUT2D eigenvalue weighted by Crippen LogP contribution is -2.61. The van der Waals surface area contributed by atoms with Gasteiger partial charge in [0.25, 0.3) is 0 Å². The van der Waals surface area contributed by atoms with Crippen LogP contribution in [0.15, 0.2) is 0 Å². The number of nitrogens with zero attached hydrogens (tertiary/aromatic N) is 1. The molecule has 18 atom stereocenters. The summed E-state index contributed by atoms with van der Waals surface area (Å²) < 4.78 is 55.7. The molecule has 4 aliphatic rings. The summed E-state index contributed by atoms with van der Waals surface area (Å²) >= 11 is 0. The van der Waals surface area contributed by atoms with E-state index in [4.69, 9.17) is 42.6 Å². The van der Waals surface area contributed by atoms with E-state index < -0.39 is 108 Å². The van der Waals surface area contributed by atoms with E-state index in [0.717, 1.165) is 0 Å². The Morgan fingerprint density at radius 3 is 2.11 bits per heavy atom. The predicted octanol–water partition coefficient (Wildman–Crippen LogP) is 2.92. The first-order chi connectivity index (χ1) is 25.5. The molecule has 0 unspecified atom stereocenters. The maximum absolute atomic E-state index is 14.5. The van der Waals surface area contributed by atoms with Crippen LogP contribution in [-0.2, 0) is 52.2 Å². The van der Waals surface area contributed by atoms with Gasteiger partial charge in [-0.3, -0.25) is 9.59 Å². The van der Waals surface area contributed by atoms with Crippen molar-refractivity contribution in [1.29, 1.82) is 0 Å². The first-order valence-corrected chi connectivity index (χ1v) is 19.7. The summed E-state index contributed by atoms with van der Waals surface area (Å²) in [5, 5.41) is 25.6. The molecule has 0 aromatic rings. The number of hydrogen-bond acceptors (Lipinski definition) is 15. The fourth-order valence-corrected chi connectivity index (χ4v) is 9.04. The molecule has 4 fully saturated rings. The van der Waals surface area contributed by atoms with E-state index in [-0.39, 0.29) is 37.3 Å². The van der Waals surface area contributed by atoms with Gasteiger partial charge in [-0.15, -0.1) is 0 Å². The lowest BCUT2D eigenvalue weighted by molar-refractivity contribution is -0.319. The molecule has 0 aromatic heterocycles. The van der Waals surface area contributed by atoms with Gasteiger partial charge in [0.05, 0.1) is 47.6 Å². The molecule has 0 saturated carbocycles. The molecule has 4 heterocycles. The van der Waals surface area contributed by atoms with Gasteiger partial charge in [-0.05, 0) is 81.8 Å². The largest absolute Gasteiger partial charge is 0.509 e. The molecule has 16 nitrogen and oxygen atoms in total. The predicted molar refractivity (Wildman–Crippen MR) is 198 cm³/mol. The molecule has 4 aliphatic heterocycles. The Labute approximate surface area is 326 Å². The topological polar surface area (TPSA) is 190 Å². The number of hydrogen-bond donors (Lipinski definition) is 3. The third-order valence-corrected chi connectivity index (χ3v) is 12.6. The number of amides is 1. The highest BCUT2D eigenvalue weighted by molar-refractivity contribution is 5.79. The number of likely N-dealkylation sites (N-methyl/N-ethyl adjacent to an activating group) is 1. The van der Waals surface area contributed by atoms with Crippen LogP contribution in [0.3, 0.4) is 0 Å². The molecule has 0 aromatic carbocycles. The first kappa shape index (κ1) is 45.6. The third kappa shape index (κ3) is 9.44. The van der Waals surface area contributed by atoms with E-state index in [2.05, 4.69) is 5.32 Å². The number of nitrogens with one attached hydrogen (secondary N) is 1. The zero-order chi connectivity index (χ0) is 41.4. The molecule has 318 valence electrons. The molecule has 0 aliphatic carbocycles. The Morgan fingerprint density at radius 1 is 0.891 bits per heavy atom. The van der Waals surface area contributed by atoms with Crippen LogP contribution < -0.4 is 5.32 Å². The number of esters is 1.